The van der Waals surface area contributed by atoms with E-state index in [1.54, 1.807) is 0 Å². The molecule has 1 aliphatic rings. The molecule has 0 radical (unpaired) electrons. The highest BCUT2D eigenvalue weighted by Gasteiger charge is 2.43. The molecule has 2 aromatic rings. The monoisotopic (exact) mass is 347 g/mol. The maximum absolute atomic E-state index is 6.33. The molecule has 0 N–H and O–H groups in total. The Balaban J connectivity index is 2.14. The average Bonchev–Trinajstić information content (AvgIpc) is 3.09. The van der Waals surface area contributed by atoms with Crippen LogP contribution in [-0.2, 0) is 5.54 Å². The third-order valence-corrected chi connectivity index (χ3v) is 5.81. The van der Waals surface area contributed by atoms with Gasteiger partial charge in [-0.3, -0.25) is 4.90 Å². The number of halogens is 1. The second-order valence-corrected chi connectivity index (χ2v) is 6.97. The normalized spacial score (nSPS) is 17.4. The van der Waals surface area contributed by atoms with Crippen molar-refractivity contribution < 1.29 is 0 Å². The molecule has 3 rings (SSSR count). The minimum atomic E-state index is -0.0833. The van der Waals surface area contributed by atoms with Crippen molar-refractivity contribution in [2.75, 3.05) is 13.1 Å². The molecule has 24 heavy (non-hydrogen) atoms. The van der Waals surface area contributed by atoms with Crippen LogP contribution in [0.15, 0.2) is 18.2 Å². The fraction of sp³-hybridized carbons (Fsp3) is 0.611. The Labute approximate surface area is 149 Å². The summed E-state index contributed by atoms with van der Waals surface area (Å²) >= 11 is 6.33. The summed E-state index contributed by atoms with van der Waals surface area (Å²) in [6.07, 6.45) is 5.94. The molecule has 0 aliphatic heterocycles. The lowest BCUT2D eigenvalue weighted by Gasteiger charge is -2.44. The average molecular weight is 348 g/mol. The van der Waals surface area contributed by atoms with Crippen LogP contribution in [0.3, 0.4) is 0 Å². The molecule has 6 heteroatoms. The van der Waals surface area contributed by atoms with Gasteiger partial charge in [0.15, 0.2) is 5.82 Å². The predicted molar refractivity (Wildman–Crippen MR) is 96.6 cm³/mol. The first-order valence-electron chi connectivity index (χ1n) is 8.93. The van der Waals surface area contributed by atoms with E-state index in [1.807, 2.05) is 29.8 Å². The van der Waals surface area contributed by atoms with Crippen molar-refractivity contribution in [1.29, 1.82) is 0 Å². The van der Waals surface area contributed by atoms with Gasteiger partial charge in [-0.25, -0.2) is 0 Å². The maximum Gasteiger partial charge on any atom is 0.176 e. The summed E-state index contributed by atoms with van der Waals surface area (Å²) in [4.78, 5) is 2.52. The maximum atomic E-state index is 6.33. The Hall–Kier alpha value is -1.46. The summed E-state index contributed by atoms with van der Waals surface area (Å²) in [7, 11) is 0. The fourth-order valence-electron chi connectivity index (χ4n) is 4.11. The summed E-state index contributed by atoms with van der Waals surface area (Å²) in [5, 5.41) is 13.6. The Kier molecular flexibility index (Phi) is 5.21. The third-order valence-electron chi connectivity index (χ3n) is 5.40. The van der Waals surface area contributed by atoms with Crippen molar-refractivity contribution in [3.63, 3.8) is 0 Å². The molecule has 1 aliphatic carbocycles. The molecule has 5 nitrogen and oxygen atoms in total. The highest BCUT2D eigenvalue weighted by molar-refractivity contribution is 6.31. The van der Waals surface area contributed by atoms with Crippen LogP contribution in [-0.4, -0.2) is 38.2 Å². The standard InChI is InChI=1S/C18H26ClN5/c1-4-23(5-2)18(12-7-6-8-13-18)17-20-21-22-24(17)16-11-9-10-15(19)14(16)3/h9-11H,4-8,12-13H2,1-3H3. The van der Waals surface area contributed by atoms with E-state index < -0.39 is 0 Å². The molecule has 1 fully saturated rings. The van der Waals surface area contributed by atoms with Gasteiger partial charge < -0.3 is 0 Å². The number of tetrazole rings is 1. The van der Waals surface area contributed by atoms with Crippen molar-refractivity contribution in [3.05, 3.63) is 34.6 Å². The van der Waals surface area contributed by atoms with Crippen molar-refractivity contribution in [3.8, 4) is 5.69 Å². The number of aromatic nitrogens is 4. The van der Waals surface area contributed by atoms with Gasteiger partial charge in [0.2, 0.25) is 0 Å². The summed E-state index contributed by atoms with van der Waals surface area (Å²) in [6, 6.07) is 5.91. The molecular weight excluding hydrogens is 322 g/mol. The molecule has 1 saturated carbocycles. The first-order chi connectivity index (χ1) is 11.6. The van der Waals surface area contributed by atoms with Gasteiger partial charge in [-0.05, 0) is 61.0 Å². The molecule has 1 aromatic heterocycles. The highest BCUT2D eigenvalue weighted by Crippen LogP contribution is 2.42. The minimum absolute atomic E-state index is 0.0833. The Morgan fingerprint density at radius 2 is 1.88 bits per heavy atom. The summed E-state index contributed by atoms with van der Waals surface area (Å²) < 4.78 is 1.91. The Morgan fingerprint density at radius 1 is 1.17 bits per heavy atom. The number of hydrogen-bond donors (Lipinski definition) is 0. The molecule has 130 valence electrons. The number of benzene rings is 1. The molecule has 0 unspecified atom stereocenters. The lowest BCUT2D eigenvalue weighted by molar-refractivity contribution is 0.0463. The van der Waals surface area contributed by atoms with E-state index in [1.165, 1.54) is 19.3 Å². The molecule has 0 spiro atoms. The van der Waals surface area contributed by atoms with Crippen LogP contribution in [0.4, 0.5) is 0 Å². The predicted octanol–water partition coefficient (Wildman–Crippen LogP) is 4.13. The smallest absolute Gasteiger partial charge is 0.176 e. The van der Waals surface area contributed by atoms with E-state index in [2.05, 4.69) is 34.3 Å². The lowest BCUT2D eigenvalue weighted by Crippen LogP contribution is -2.49. The van der Waals surface area contributed by atoms with Gasteiger partial charge in [0.25, 0.3) is 0 Å². The second kappa shape index (κ2) is 7.19. The van der Waals surface area contributed by atoms with Gasteiger partial charge in [0.1, 0.15) is 0 Å². The largest absolute Gasteiger partial charge is 0.291 e. The third kappa shape index (κ3) is 2.84. The van der Waals surface area contributed by atoms with Gasteiger partial charge in [0, 0.05) is 5.02 Å². The van der Waals surface area contributed by atoms with Gasteiger partial charge in [-0.1, -0.05) is 50.8 Å². The van der Waals surface area contributed by atoms with Crippen LogP contribution in [0.25, 0.3) is 5.69 Å². The highest BCUT2D eigenvalue weighted by atomic mass is 35.5. The number of nitrogens with zero attached hydrogens (tertiary/aromatic N) is 5. The summed E-state index contributed by atoms with van der Waals surface area (Å²) in [6.45, 7) is 8.46. The van der Waals surface area contributed by atoms with Gasteiger partial charge in [-0.2, -0.15) is 4.68 Å². The molecule has 0 bridgehead atoms. The van der Waals surface area contributed by atoms with Crippen LogP contribution in [0.2, 0.25) is 5.02 Å². The Bertz CT molecular complexity index is 686. The van der Waals surface area contributed by atoms with Crippen LogP contribution in [0.1, 0.15) is 57.3 Å². The number of hydrogen-bond acceptors (Lipinski definition) is 4. The first-order valence-corrected chi connectivity index (χ1v) is 9.31. The molecular formula is C18H26ClN5. The quantitative estimate of drug-likeness (QED) is 0.816. The van der Waals surface area contributed by atoms with Gasteiger partial charge in [0.05, 0.1) is 11.2 Å². The zero-order valence-corrected chi connectivity index (χ0v) is 15.6. The van der Waals surface area contributed by atoms with Crippen molar-refractivity contribution in [2.45, 2.75) is 58.4 Å². The molecule has 0 amide bonds. The topological polar surface area (TPSA) is 46.8 Å². The molecule has 1 heterocycles. The zero-order chi connectivity index (χ0) is 17.2. The minimum Gasteiger partial charge on any atom is -0.291 e. The summed E-state index contributed by atoms with van der Waals surface area (Å²) in [5.41, 5.74) is 1.90. The van der Waals surface area contributed by atoms with Crippen LogP contribution in [0, 0.1) is 6.92 Å². The van der Waals surface area contributed by atoms with Crippen LogP contribution < -0.4 is 0 Å². The van der Waals surface area contributed by atoms with Crippen molar-refractivity contribution in [1.82, 2.24) is 25.1 Å². The van der Waals surface area contributed by atoms with Crippen LogP contribution >= 0.6 is 11.6 Å². The molecule has 1 aromatic carbocycles. The summed E-state index contributed by atoms with van der Waals surface area (Å²) in [5.74, 6) is 0.955. The van der Waals surface area contributed by atoms with Crippen LogP contribution in [0.5, 0.6) is 0 Å². The lowest BCUT2D eigenvalue weighted by atomic mass is 9.79. The van der Waals surface area contributed by atoms with E-state index >= 15 is 0 Å². The van der Waals surface area contributed by atoms with Gasteiger partial charge >= 0.3 is 0 Å². The zero-order valence-electron chi connectivity index (χ0n) is 14.8. The first kappa shape index (κ1) is 17.4. The number of rotatable bonds is 5. The van der Waals surface area contributed by atoms with Crippen molar-refractivity contribution in [2.24, 2.45) is 0 Å². The molecule has 0 atom stereocenters. The van der Waals surface area contributed by atoms with E-state index in [0.717, 1.165) is 48.0 Å². The SMILES string of the molecule is CCN(CC)C1(c2nnnn2-c2cccc(Cl)c2C)CCCCC1. The van der Waals surface area contributed by atoms with E-state index in [9.17, 15) is 0 Å². The van der Waals surface area contributed by atoms with Gasteiger partial charge in [-0.15, -0.1) is 5.10 Å². The van der Waals surface area contributed by atoms with E-state index in [-0.39, 0.29) is 5.54 Å². The van der Waals surface area contributed by atoms with E-state index in [0.29, 0.717) is 0 Å². The van der Waals surface area contributed by atoms with Crippen molar-refractivity contribution >= 4 is 11.6 Å². The fourth-order valence-corrected chi connectivity index (χ4v) is 4.28. The molecule has 0 saturated heterocycles. The Morgan fingerprint density at radius 3 is 2.54 bits per heavy atom. The van der Waals surface area contributed by atoms with E-state index in [4.69, 9.17) is 11.6 Å². The second-order valence-electron chi connectivity index (χ2n) is 6.56.